The van der Waals surface area contributed by atoms with Crippen LogP contribution in [0.3, 0.4) is 0 Å². The molecular weight excluding hydrogens is 180 g/mol. The second-order valence-electron chi connectivity index (χ2n) is 5.24. The van der Waals surface area contributed by atoms with Crippen molar-refractivity contribution in [2.45, 2.75) is 47.1 Å². The summed E-state index contributed by atoms with van der Waals surface area (Å²) >= 11 is 0. The van der Waals surface area contributed by atoms with E-state index in [9.17, 15) is 4.79 Å². The minimum Gasteiger partial charge on any atom is -0.443 e. The molecule has 0 aromatic heterocycles. The Balaban J connectivity index is 3.93. The first-order chi connectivity index (χ1) is 6.10. The molecule has 1 N–H and O–H groups in total. The van der Waals surface area contributed by atoms with Gasteiger partial charge in [0.05, 0.1) is 0 Å². The zero-order chi connectivity index (χ0) is 11.4. The highest BCUT2D eigenvalue weighted by Gasteiger charge is 2.15. The maximum Gasteiger partial charge on any atom is 0.428 e. The Morgan fingerprint density at radius 1 is 1.21 bits per heavy atom. The summed E-state index contributed by atoms with van der Waals surface area (Å²) in [5.74, 6) is 0. The molecule has 0 saturated carbocycles. The molecule has 0 rings (SSSR count). The fourth-order valence-electron chi connectivity index (χ4n) is 0.580. The van der Waals surface area contributed by atoms with Crippen LogP contribution in [0.1, 0.15) is 41.5 Å². The van der Waals surface area contributed by atoms with Crippen molar-refractivity contribution in [3.8, 4) is 0 Å². The predicted molar refractivity (Wildman–Crippen MR) is 57.3 cm³/mol. The van der Waals surface area contributed by atoms with Crippen LogP contribution in [0.25, 0.3) is 0 Å². The van der Waals surface area contributed by atoms with Crippen LogP contribution in [0.15, 0.2) is 5.10 Å². The summed E-state index contributed by atoms with van der Waals surface area (Å²) in [6, 6.07) is 0. The van der Waals surface area contributed by atoms with Gasteiger partial charge in [-0.2, -0.15) is 5.10 Å². The number of hydrogen-bond donors (Lipinski definition) is 1. The van der Waals surface area contributed by atoms with Crippen molar-refractivity contribution in [3.05, 3.63) is 0 Å². The molecule has 0 aromatic rings. The molecule has 0 fully saturated rings. The molecule has 14 heavy (non-hydrogen) atoms. The molecule has 0 unspecified atom stereocenters. The van der Waals surface area contributed by atoms with Gasteiger partial charge in [-0.3, -0.25) is 0 Å². The van der Waals surface area contributed by atoms with E-state index in [2.05, 4.69) is 10.5 Å². The lowest BCUT2D eigenvalue weighted by molar-refractivity contribution is 0.0529. The standard InChI is InChI=1S/C10H20N2O2/c1-9(2,3)7-11-12-8(13)14-10(4,5)6/h7H,1-6H3,(H,12,13). The summed E-state index contributed by atoms with van der Waals surface area (Å²) in [5, 5.41) is 3.78. The lowest BCUT2D eigenvalue weighted by Crippen LogP contribution is -2.30. The highest BCUT2D eigenvalue weighted by molar-refractivity contribution is 5.70. The van der Waals surface area contributed by atoms with Gasteiger partial charge in [0, 0.05) is 6.21 Å². The Labute approximate surface area is 85.7 Å². The van der Waals surface area contributed by atoms with Crippen LogP contribution in [0.2, 0.25) is 0 Å². The molecule has 0 radical (unpaired) electrons. The van der Waals surface area contributed by atoms with E-state index in [0.717, 1.165) is 0 Å². The first-order valence-electron chi connectivity index (χ1n) is 4.63. The van der Waals surface area contributed by atoms with Crippen LogP contribution in [-0.4, -0.2) is 17.9 Å². The fourth-order valence-corrected chi connectivity index (χ4v) is 0.580. The number of rotatable bonds is 1. The van der Waals surface area contributed by atoms with Gasteiger partial charge in [0.1, 0.15) is 5.60 Å². The van der Waals surface area contributed by atoms with Crippen LogP contribution in [0.5, 0.6) is 0 Å². The summed E-state index contributed by atoms with van der Waals surface area (Å²) in [6.07, 6.45) is 1.13. The minimum absolute atomic E-state index is 0.0466. The van der Waals surface area contributed by atoms with Crippen molar-refractivity contribution in [2.75, 3.05) is 0 Å². The summed E-state index contributed by atoms with van der Waals surface area (Å²) in [5.41, 5.74) is 1.77. The maximum atomic E-state index is 11.1. The van der Waals surface area contributed by atoms with Crippen molar-refractivity contribution >= 4 is 12.3 Å². The Morgan fingerprint density at radius 2 is 1.71 bits per heavy atom. The van der Waals surface area contributed by atoms with E-state index in [4.69, 9.17) is 4.74 Å². The number of amides is 1. The van der Waals surface area contributed by atoms with Gasteiger partial charge in [0.25, 0.3) is 0 Å². The number of carbonyl (C=O) groups excluding carboxylic acids is 1. The van der Waals surface area contributed by atoms with E-state index in [1.165, 1.54) is 0 Å². The quantitative estimate of drug-likeness (QED) is 0.522. The lowest BCUT2D eigenvalue weighted by Gasteiger charge is -2.18. The molecule has 0 atom stereocenters. The third-order valence-electron chi connectivity index (χ3n) is 1.01. The molecule has 1 amide bonds. The number of ether oxygens (including phenoxy) is 1. The first-order valence-corrected chi connectivity index (χ1v) is 4.63. The van der Waals surface area contributed by atoms with Gasteiger partial charge < -0.3 is 4.74 Å². The molecule has 0 heterocycles. The third kappa shape index (κ3) is 9.03. The van der Waals surface area contributed by atoms with Gasteiger partial charge in [-0.05, 0) is 26.2 Å². The average Bonchev–Trinajstić information content (AvgIpc) is 1.78. The van der Waals surface area contributed by atoms with Crippen molar-refractivity contribution in [1.82, 2.24) is 5.43 Å². The van der Waals surface area contributed by atoms with E-state index in [0.29, 0.717) is 0 Å². The number of nitrogens with zero attached hydrogens (tertiary/aromatic N) is 1. The smallest absolute Gasteiger partial charge is 0.428 e. The Kier molecular flexibility index (Phi) is 4.10. The largest absolute Gasteiger partial charge is 0.443 e. The Hall–Kier alpha value is -1.06. The molecule has 0 aromatic carbocycles. The lowest BCUT2D eigenvalue weighted by atomic mass is 9.99. The molecule has 0 bridgehead atoms. The highest BCUT2D eigenvalue weighted by atomic mass is 16.6. The Morgan fingerprint density at radius 3 is 2.07 bits per heavy atom. The summed E-state index contributed by atoms with van der Waals surface area (Å²) in [4.78, 5) is 11.1. The van der Waals surface area contributed by atoms with Crippen LogP contribution < -0.4 is 5.43 Å². The molecule has 0 aliphatic rings. The van der Waals surface area contributed by atoms with E-state index in [1.807, 2.05) is 20.8 Å². The van der Waals surface area contributed by atoms with E-state index in [1.54, 1.807) is 27.0 Å². The van der Waals surface area contributed by atoms with Crippen LogP contribution in [-0.2, 0) is 4.74 Å². The van der Waals surface area contributed by atoms with Gasteiger partial charge >= 0.3 is 6.09 Å². The fraction of sp³-hybridized carbons (Fsp3) is 0.800. The number of hydrazone groups is 1. The minimum atomic E-state index is -0.530. The second-order valence-corrected chi connectivity index (χ2v) is 5.24. The molecular formula is C10H20N2O2. The second kappa shape index (κ2) is 4.44. The molecule has 0 aliphatic heterocycles. The monoisotopic (exact) mass is 200 g/mol. The summed E-state index contributed by atoms with van der Waals surface area (Å²) in [7, 11) is 0. The SMILES string of the molecule is CC(C)(C)C=NNC(=O)OC(C)(C)C. The van der Waals surface area contributed by atoms with E-state index in [-0.39, 0.29) is 5.41 Å². The zero-order valence-electron chi connectivity index (χ0n) is 9.84. The van der Waals surface area contributed by atoms with Crippen molar-refractivity contribution in [1.29, 1.82) is 0 Å². The predicted octanol–water partition coefficient (Wildman–Crippen LogP) is 2.54. The molecule has 0 spiro atoms. The number of nitrogens with one attached hydrogen (secondary N) is 1. The van der Waals surface area contributed by atoms with Crippen LogP contribution in [0, 0.1) is 5.41 Å². The van der Waals surface area contributed by atoms with Gasteiger partial charge in [0.2, 0.25) is 0 Å². The molecule has 82 valence electrons. The van der Waals surface area contributed by atoms with Crippen molar-refractivity contribution in [2.24, 2.45) is 10.5 Å². The average molecular weight is 200 g/mol. The highest BCUT2D eigenvalue weighted by Crippen LogP contribution is 2.08. The van der Waals surface area contributed by atoms with Crippen LogP contribution in [0.4, 0.5) is 4.79 Å². The van der Waals surface area contributed by atoms with Gasteiger partial charge in [-0.25, -0.2) is 10.2 Å². The number of carbonyl (C=O) groups is 1. The molecule has 4 nitrogen and oxygen atoms in total. The Bertz CT molecular complexity index is 221. The zero-order valence-corrected chi connectivity index (χ0v) is 9.84. The van der Waals surface area contributed by atoms with Crippen molar-refractivity contribution in [3.63, 3.8) is 0 Å². The van der Waals surface area contributed by atoms with Gasteiger partial charge in [0.15, 0.2) is 0 Å². The molecule has 0 aliphatic carbocycles. The normalized spacial score (nSPS) is 13.0. The maximum absolute atomic E-state index is 11.1. The van der Waals surface area contributed by atoms with Gasteiger partial charge in [-0.15, -0.1) is 0 Å². The number of hydrogen-bond acceptors (Lipinski definition) is 3. The van der Waals surface area contributed by atoms with Crippen molar-refractivity contribution < 1.29 is 9.53 Å². The third-order valence-corrected chi connectivity index (χ3v) is 1.01. The summed E-state index contributed by atoms with van der Waals surface area (Å²) < 4.78 is 4.99. The van der Waals surface area contributed by atoms with E-state index >= 15 is 0 Å². The molecule has 4 heteroatoms. The summed E-state index contributed by atoms with van der Waals surface area (Å²) in [6.45, 7) is 11.4. The van der Waals surface area contributed by atoms with E-state index < -0.39 is 11.7 Å². The topological polar surface area (TPSA) is 50.7 Å². The molecule has 0 saturated heterocycles. The van der Waals surface area contributed by atoms with Crippen LogP contribution >= 0.6 is 0 Å². The first kappa shape index (κ1) is 12.9. The van der Waals surface area contributed by atoms with Gasteiger partial charge in [-0.1, -0.05) is 20.8 Å².